The number of fused-ring (bicyclic) bond motifs is 1. The first-order chi connectivity index (χ1) is 15.2. The number of nitrogens with one attached hydrogen (secondary N) is 1. The van der Waals surface area contributed by atoms with Gasteiger partial charge < -0.3 is 19.9 Å². The largest absolute Gasteiger partial charge is 0.488 e. The number of rotatable bonds is 7. The van der Waals surface area contributed by atoms with E-state index >= 15 is 0 Å². The fourth-order valence-corrected chi connectivity index (χ4v) is 4.71. The van der Waals surface area contributed by atoms with Crippen molar-refractivity contribution in [3.63, 3.8) is 0 Å². The average Bonchev–Trinajstić information content (AvgIpc) is 3.20. The maximum atomic E-state index is 14.1. The molecule has 1 aromatic carbocycles. The van der Waals surface area contributed by atoms with E-state index in [4.69, 9.17) is 4.74 Å². The number of thiophene rings is 1. The zero-order chi connectivity index (χ0) is 23.3. The molecule has 1 atom stereocenters. The van der Waals surface area contributed by atoms with Gasteiger partial charge in [0.25, 0.3) is 0 Å². The summed E-state index contributed by atoms with van der Waals surface area (Å²) in [5.41, 5.74) is 0.644. The van der Waals surface area contributed by atoms with Crippen LogP contribution in [0.4, 0.5) is 9.18 Å². The van der Waals surface area contributed by atoms with Gasteiger partial charge >= 0.3 is 6.03 Å². The van der Waals surface area contributed by atoms with Crippen molar-refractivity contribution in [1.29, 1.82) is 0 Å². The Morgan fingerprint density at radius 3 is 2.72 bits per heavy atom. The van der Waals surface area contributed by atoms with Gasteiger partial charge in [-0.15, -0.1) is 11.3 Å². The molecular weight excluding hydrogens is 429 g/mol. The number of urea groups is 1. The molecule has 6 nitrogen and oxygen atoms in total. The zero-order valence-corrected chi connectivity index (χ0v) is 20.0. The lowest BCUT2D eigenvalue weighted by Crippen LogP contribution is -2.53. The van der Waals surface area contributed by atoms with Gasteiger partial charge in [0.1, 0.15) is 13.2 Å². The highest BCUT2D eigenvalue weighted by Gasteiger charge is 2.34. The Bertz CT molecular complexity index is 941. The van der Waals surface area contributed by atoms with E-state index in [0.717, 1.165) is 18.4 Å². The minimum Gasteiger partial charge on any atom is -0.488 e. The smallest absolute Gasteiger partial charge is 0.318 e. The molecule has 1 aliphatic rings. The molecule has 32 heavy (non-hydrogen) atoms. The van der Waals surface area contributed by atoms with Gasteiger partial charge in [0.05, 0.1) is 6.04 Å². The first kappa shape index (κ1) is 24.0. The van der Waals surface area contributed by atoms with Crippen LogP contribution in [0.2, 0.25) is 0 Å². The predicted octanol–water partition coefficient (Wildman–Crippen LogP) is 4.61. The number of hydrogen-bond acceptors (Lipinski definition) is 4. The quantitative estimate of drug-likeness (QED) is 0.655. The number of para-hydroxylation sites is 1. The van der Waals surface area contributed by atoms with Gasteiger partial charge in [-0.1, -0.05) is 19.1 Å². The first-order valence-electron chi connectivity index (χ1n) is 11.0. The summed E-state index contributed by atoms with van der Waals surface area (Å²) in [5.74, 6) is -0.402. The standard InChI is InChI=1S/C24H32FN3O3S/c1-5-12-27(23(30)26-24(2,3)4)15-22(29)28-13-10-21-17(11-14-32-21)19(28)16-31-20-9-7-6-8-18(20)25/h6-9,11,14,19H,5,10,12-13,15-16H2,1-4H3,(H,26,30). The minimum atomic E-state index is -0.431. The number of hydrogen-bond donors (Lipinski definition) is 1. The van der Waals surface area contributed by atoms with Crippen molar-refractivity contribution in [2.45, 2.75) is 52.1 Å². The fourth-order valence-electron chi connectivity index (χ4n) is 3.78. The van der Waals surface area contributed by atoms with Crippen molar-refractivity contribution in [3.05, 3.63) is 52.0 Å². The second kappa shape index (κ2) is 10.3. The summed E-state index contributed by atoms with van der Waals surface area (Å²) in [7, 11) is 0. The lowest BCUT2D eigenvalue weighted by molar-refractivity contribution is -0.135. The van der Waals surface area contributed by atoms with Gasteiger partial charge in [-0.05, 0) is 62.8 Å². The van der Waals surface area contributed by atoms with Crippen LogP contribution in [0, 0.1) is 5.82 Å². The molecule has 1 N–H and O–H groups in total. The van der Waals surface area contributed by atoms with Crippen LogP contribution in [-0.2, 0) is 11.2 Å². The first-order valence-corrected chi connectivity index (χ1v) is 11.9. The highest BCUT2D eigenvalue weighted by molar-refractivity contribution is 7.10. The molecule has 1 unspecified atom stereocenters. The van der Waals surface area contributed by atoms with Crippen LogP contribution in [-0.4, -0.2) is 53.5 Å². The molecule has 0 saturated heterocycles. The van der Waals surface area contributed by atoms with Crippen molar-refractivity contribution in [2.75, 3.05) is 26.2 Å². The molecule has 0 saturated carbocycles. The molecule has 2 heterocycles. The molecule has 8 heteroatoms. The van der Waals surface area contributed by atoms with Crippen LogP contribution in [0.25, 0.3) is 0 Å². The van der Waals surface area contributed by atoms with E-state index in [1.54, 1.807) is 39.3 Å². The second-order valence-electron chi connectivity index (χ2n) is 9.00. The highest BCUT2D eigenvalue weighted by Crippen LogP contribution is 2.34. The topological polar surface area (TPSA) is 61.9 Å². The average molecular weight is 462 g/mol. The van der Waals surface area contributed by atoms with Gasteiger partial charge in [-0.2, -0.15) is 0 Å². The van der Waals surface area contributed by atoms with Crippen LogP contribution < -0.4 is 10.1 Å². The number of carbonyl (C=O) groups is 2. The monoisotopic (exact) mass is 461 g/mol. The molecule has 3 rings (SSSR count). The van der Waals surface area contributed by atoms with Crippen LogP contribution in [0.5, 0.6) is 5.75 Å². The summed E-state index contributed by atoms with van der Waals surface area (Å²) in [6.45, 7) is 8.89. The second-order valence-corrected chi connectivity index (χ2v) is 10.00. The van der Waals surface area contributed by atoms with Gasteiger partial charge in [0.15, 0.2) is 11.6 Å². The molecule has 3 amide bonds. The van der Waals surface area contributed by atoms with Crippen molar-refractivity contribution < 1.29 is 18.7 Å². The van der Waals surface area contributed by atoms with Crippen LogP contribution in [0.15, 0.2) is 35.7 Å². The van der Waals surface area contributed by atoms with Crippen molar-refractivity contribution in [1.82, 2.24) is 15.1 Å². The van der Waals surface area contributed by atoms with E-state index in [0.29, 0.717) is 13.1 Å². The van der Waals surface area contributed by atoms with Crippen molar-refractivity contribution >= 4 is 23.3 Å². The number of carbonyl (C=O) groups excluding carboxylic acids is 2. The number of nitrogens with zero attached hydrogens (tertiary/aromatic N) is 2. The molecule has 1 aromatic heterocycles. The lowest BCUT2D eigenvalue weighted by atomic mass is 10.0. The van der Waals surface area contributed by atoms with Crippen LogP contribution >= 0.6 is 11.3 Å². The Hall–Kier alpha value is -2.61. The number of benzene rings is 1. The Labute approximate surface area is 193 Å². The number of halogens is 1. The van der Waals surface area contributed by atoms with Crippen molar-refractivity contribution in [3.8, 4) is 5.75 Å². The normalized spacial score (nSPS) is 15.8. The third-order valence-electron chi connectivity index (χ3n) is 5.24. The summed E-state index contributed by atoms with van der Waals surface area (Å²) < 4.78 is 19.9. The highest BCUT2D eigenvalue weighted by atomic mass is 32.1. The summed E-state index contributed by atoms with van der Waals surface area (Å²) in [5, 5.41) is 4.95. The van der Waals surface area contributed by atoms with Gasteiger partial charge in [0, 0.05) is 23.5 Å². The molecule has 2 aromatic rings. The molecule has 0 fully saturated rings. The van der Waals surface area contributed by atoms with Gasteiger partial charge in [-0.3, -0.25) is 4.79 Å². The van der Waals surface area contributed by atoms with Gasteiger partial charge in [-0.25, -0.2) is 9.18 Å². The third kappa shape index (κ3) is 6.00. The van der Waals surface area contributed by atoms with E-state index in [1.165, 1.54) is 10.9 Å². The third-order valence-corrected chi connectivity index (χ3v) is 6.23. The number of ether oxygens (including phenoxy) is 1. The summed E-state index contributed by atoms with van der Waals surface area (Å²) in [6.07, 6.45) is 1.51. The molecular formula is C24H32FN3O3S. The molecule has 0 aliphatic carbocycles. The molecule has 0 spiro atoms. The van der Waals surface area contributed by atoms with Gasteiger partial charge in [0.2, 0.25) is 5.91 Å². The Morgan fingerprint density at radius 1 is 1.28 bits per heavy atom. The Kier molecular flexibility index (Phi) is 7.77. The summed E-state index contributed by atoms with van der Waals surface area (Å²) in [4.78, 5) is 30.6. The van der Waals surface area contributed by atoms with E-state index in [-0.39, 0.29) is 42.4 Å². The zero-order valence-electron chi connectivity index (χ0n) is 19.2. The minimum absolute atomic E-state index is 0.00851. The fraction of sp³-hybridized carbons (Fsp3) is 0.500. The van der Waals surface area contributed by atoms with E-state index in [2.05, 4.69) is 5.32 Å². The summed E-state index contributed by atoms with van der Waals surface area (Å²) in [6, 6.07) is 7.69. The van der Waals surface area contributed by atoms with Crippen LogP contribution in [0.3, 0.4) is 0 Å². The maximum absolute atomic E-state index is 14.1. The lowest BCUT2D eigenvalue weighted by Gasteiger charge is -2.37. The van der Waals surface area contributed by atoms with E-state index in [1.807, 2.05) is 39.1 Å². The number of amides is 3. The predicted molar refractivity (Wildman–Crippen MR) is 125 cm³/mol. The van der Waals surface area contributed by atoms with E-state index in [9.17, 15) is 14.0 Å². The molecule has 1 aliphatic heterocycles. The Balaban J connectivity index is 1.76. The van der Waals surface area contributed by atoms with Crippen LogP contribution in [0.1, 0.15) is 50.6 Å². The maximum Gasteiger partial charge on any atom is 0.318 e. The molecule has 0 radical (unpaired) electrons. The Morgan fingerprint density at radius 2 is 2.03 bits per heavy atom. The summed E-state index contributed by atoms with van der Waals surface area (Å²) >= 11 is 1.66. The SMILES string of the molecule is CCCN(CC(=O)N1CCc2sccc2C1COc1ccccc1F)C(=O)NC(C)(C)C. The molecule has 0 bridgehead atoms. The van der Waals surface area contributed by atoms with E-state index < -0.39 is 5.82 Å². The van der Waals surface area contributed by atoms with Crippen molar-refractivity contribution in [2.24, 2.45) is 0 Å². The molecule has 174 valence electrons.